The zero-order valence-electron chi connectivity index (χ0n) is 20.2. The van der Waals surface area contributed by atoms with Crippen LogP contribution in [0.15, 0.2) is 76.1 Å². The van der Waals surface area contributed by atoms with Gasteiger partial charge in [0.15, 0.2) is 28.2 Å². The Labute approximate surface area is 206 Å². The number of rotatable bonds is 6. The van der Waals surface area contributed by atoms with Crippen molar-refractivity contribution in [3.63, 3.8) is 0 Å². The Morgan fingerprint density at radius 1 is 0.972 bits per heavy atom. The minimum Gasteiger partial charge on any atom is -0.493 e. The van der Waals surface area contributed by atoms with Gasteiger partial charge in [-0.3, -0.25) is 9.89 Å². The van der Waals surface area contributed by atoms with Crippen molar-refractivity contribution in [2.75, 3.05) is 7.11 Å². The molecular formula is C29H25N3O4. The molecule has 7 heteroatoms. The molecular weight excluding hydrogens is 454 g/mol. The predicted octanol–water partition coefficient (Wildman–Crippen LogP) is 6.53. The number of benzene rings is 3. The van der Waals surface area contributed by atoms with Crippen molar-refractivity contribution in [2.24, 2.45) is 0 Å². The van der Waals surface area contributed by atoms with Gasteiger partial charge in [0.2, 0.25) is 0 Å². The van der Waals surface area contributed by atoms with Gasteiger partial charge in [0, 0.05) is 28.6 Å². The third-order valence-electron chi connectivity index (χ3n) is 6.51. The van der Waals surface area contributed by atoms with Crippen molar-refractivity contribution in [2.45, 2.75) is 26.4 Å². The van der Waals surface area contributed by atoms with E-state index in [2.05, 4.69) is 48.3 Å². The van der Waals surface area contributed by atoms with Gasteiger partial charge in [-0.05, 0) is 46.9 Å². The standard InChI is InChI=1S/C29H25N3O4/c1-16(2)18-6-4-17(5-7-18)15-35-23-11-8-19(12-25(23)34-3)26-22-14-30-32-29(22)31-27-21-10-9-20(33)13-24(21)36-28(26)27/h4-14,16H,15H2,1-3H3,(H2,30,31,32). The van der Waals surface area contributed by atoms with Gasteiger partial charge in [0.05, 0.1) is 7.11 Å². The van der Waals surface area contributed by atoms with E-state index >= 15 is 0 Å². The number of methoxy groups -OCH3 is 1. The molecule has 0 atom stereocenters. The number of nitrogens with one attached hydrogen (secondary N) is 2. The molecule has 0 aliphatic rings. The van der Waals surface area contributed by atoms with Crippen LogP contribution in [0, 0.1) is 0 Å². The lowest BCUT2D eigenvalue weighted by atomic mass is 10.0. The first-order valence-electron chi connectivity index (χ1n) is 11.8. The molecule has 3 aromatic heterocycles. The molecule has 6 rings (SSSR count). The van der Waals surface area contributed by atoms with Gasteiger partial charge < -0.3 is 19.0 Å². The van der Waals surface area contributed by atoms with Crippen LogP contribution < -0.4 is 14.9 Å². The fourth-order valence-electron chi connectivity index (χ4n) is 4.56. The lowest BCUT2D eigenvalue weighted by Crippen LogP contribution is -1.99. The minimum atomic E-state index is -0.107. The van der Waals surface area contributed by atoms with Gasteiger partial charge in [-0.1, -0.05) is 44.2 Å². The highest BCUT2D eigenvalue weighted by atomic mass is 16.5. The molecule has 0 fully saturated rings. The van der Waals surface area contributed by atoms with E-state index in [4.69, 9.17) is 18.9 Å². The van der Waals surface area contributed by atoms with E-state index in [0.29, 0.717) is 46.4 Å². The molecule has 36 heavy (non-hydrogen) atoms. The highest BCUT2D eigenvalue weighted by Gasteiger charge is 2.20. The average Bonchev–Trinajstić information content (AvgIpc) is 3.50. The van der Waals surface area contributed by atoms with Crippen LogP contribution in [0.25, 0.3) is 44.2 Å². The molecule has 0 saturated heterocycles. The highest BCUT2D eigenvalue weighted by Crippen LogP contribution is 2.41. The van der Waals surface area contributed by atoms with Crippen LogP contribution in [-0.2, 0) is 6.61 Å². The lowest BCUT2D eigenvalue weighted by molar-refractivity contribution is 0.284. The molecule has 2 N–H and O–H groups in total. The number of H-pyrrole nitrogens is 2. The van der Waals surface area contributed by atoms with E-state index in [1.807, 2.05) is 24.4 Å². The van der Waals surface area contributed by atoms with Gasteiger partial charge in [0.25, 0.3) is 0 Å². The van der Waals surface area contributed by atoms with Crippen LogP contribution in [0.5, 0.6) is 11.5 Å². The first kappa shape index (κ1) is 22.0. The summed E-state index contributed by atoms with van der Waals surface area (Å²) >= 11 is 0. The van der Waals surface area contributed by atoms with Gasteiger partial charge in [-0.25, -0.2) is 4.98 Å². The summed E-state index contributed by atoms with van der Waals surface area (Å²) in [5.41, 5.74) is 6.51. The monoisotopic (exact) mass is 479 g/mol. The summed E-state index contributed by atoms with van der Waals surface area (Å²) in [6.07, 6.45) is 1.85. The maximum atomic E-state index is 11.9. The quantitative estimate of drug-likeness (QED) is 0.283. The topological polar surface area (TPSA) is 93.1 Å². The molecule has 0 saturated carbocycles. The van der Waals surface area contributed by atoms with Crippen molar-refractivity contribution in [1.82, 2.24) is 15.2 Å². The molecule has 0 aliphatic carbocycles. The summed E-state index contributed by atoms with van der Waals surface area (Å²) in [7, 11) is 1.63. The Morgan fingerprint density at radius 2 is 1.81 bits per heavy atom. The summed E-state index contributed by atoms with van der Waals surface area (Å²) in [6, 6.07) is 19.1. The second-order valence-electron chi connectivity index (χ2n) is 9.15. The number of aromatic amines is 2. The molecule has 0 bridgehead atoms. The predicted molar refractivity (Wildman–Crippen MR) is 141 cm³/mol. The van der Waals surface area contributed by atoms with Crippen molar-refractivity contribution in [3.05, 3.63) is 88.2 Å². The summed E-state index contributed by atoms with van der Waals surface area (Å²) < 4.78 is 18.0. The summed E-state index contributed by atoms with van der Waals surface area (Å²) in [5, 5.41) is 7.76. The Balaban J connectivity index is 1.41. The summed E-state index contributed by atoms with van der Waals surface area (Å²) in [6.45, 7) is 4.80. The van der Waals surface area contributed by atoms with Gasteiger partial charge in [-0.2, -0.15) is 0 Å². The number of hydrogen-bond acceptors (Lipinski definition) is 5. The largest absolute Gasteiger partial charge is 0.493 e. The summed E-state index contributed by atoms with van der Waals surface area (Å²) in [5.74, 6) is 1.75. The van der Waals surface area contributed by atoms with Crippen LogP contribution in [-0.4, -0.2) is 22.3 Å². The van der Waals surface area contributed by atoms with Crippen LogP contribution in [0.2, 0.25) is 0 Å². The zero-order chi connectivity index (χ0) is 24.8. The minimum absolute atomic E-state index is 0.107. The Morgan fingerprint density at radius 3 is 2.58 bits per heavy atom. The second-order valence-corrected chi connectivity index (χ2v) is 9.15. The molecule has 3 heterocycles. The molecule has 0 amide bonds. The van der Waals surface area contributed by atoms with Crippen LogP contribution in [0.1, 0.15) is 30.9 Å². The maximum Gasteiger partial charge on any atom is 0.182 e. The smallest absolute Gasteiger partial charge is 0.182 e. The fourth-order valence-corrected chi connectivity index (χ4v) is 4.56. The second kappa shape index (κ2) is 8.61. The normalized spacial score (nSPS) is 11.7. The Bertz CT molecular complexity index is 1770. The third-order valence-corrected chi connectivity index (χ3v) is 6.51. The molecule has 0 aliphatic heterocycles. The zero-order valence-corrected chi connectivity index (χ0v) is 20.2. The van der Waals surface area contributed by atoms with Crippen LogP contribution >= 0.6 is 0 Å². The molecule has 180 valence electrons. The number of nitrogens with zero attached hydrogens (tertiary/aromatic N) is 1. The first-order valence-corrected chi connectivity index (χ1v) is 11.8. The number of furan rings is 1. The van der Waals surface area contributed by atoms with Crippen molar-refractivity contribution < 1.29 is 13.9 Å². The Kier molecular flexibility index (Phi) is 5.25. The van der Waals surface area contributed by atoms with Crippen LogP contribution in [0.4, 0.5) is 0 Å². The highest BCUT2D eigenvalue weighted by molar-refractivity contribution is 6.14. The third kappa shape index (κ3) is 3.69. The first-order chi connectivity index (χ1) is 17.5. The van der Waals surface area contributed by atoms with E-state index in [9.17, 15) is 4.79 Å². The number of fused-ring (bicyclic) bond motifs is 4. The van der Waals surface area contributed by atoms with E-state index in [1.54, 1.807) is 13.2 Å². The summed E-state index contributed by atoms with van der Waals surface area (Å²) in [4.78, 5) is 16.7. The SMILES string of the molecule is COc1cc(-c2c3c[nH][nH]c3nc3c2oc2cc(=O)ccc23)ccc1OCc1ccc(C(C)C)cc1. The van der Waals surface area contributed by atoms with E-state index in [-0.39, 0.29) is 5.43 Å². The maximum absolute atomic E-state index is 11.9. The molecule has 0 spiro atoms. The fraction of sp³-hybridized carbons (Fsp3) is 0.172. The molecule has 3 aromatic carbocycles. The van der Waals surface area contributed by atoms with Crippen LogP contribution in [0.3, 0.4) is 0 Å². The lowest BCUT2D eigenvalue weighted by Gasteiger charge is -2.13. The number of hydrogen-bond donors (Lipinski definition) is 2. The van der Waals surface area contributed by atoms with E-state index in [1.165, 1.54) is 17.7 Å². The van der Waals surface area contributed by atoms with Crippen molar-refractivity contribution in [1.29, 1.82) is 0 Å². The molecule has 6 aromatic rings. The Hall–Kier alpha value is -4.52. The molecule has 0 radical (unpaired) electrons. The molecule has 0 unspecified atom stereocenters. The van der Waals surface area contributed by atoms with E-state index in [0.717, 1.165) is 27.5 Å². The van der Waals surface area contributed by atoms with Gasteiger partial charge >= 0.3 is 0 Å². The number of pyridine rings is 1. The van der Waals surface area contributed by atoms with Gasteiger partial charge in [-0.15, -0.1) is 0 Å². The van der Waals surface area contributed by atoms with Crippen molar-refractivity contribution in [3.8, 4) is 22.6 Å². The average molecular weight is 480 g/mol. The van der Waals surface area contributed by atoms with Crippen molar-refractivity contribution >= 4 is 33.1 Å². The number of ether oxygens (including phenoxy) is 2. The number of aromatic nitrogens is 3. The molecule has 7 nitrogen and oxygen atoms in total. The van der Waals surface area contributed by atoms with Gasteiger partial charge in [0.1, 0.15) is 17.7 Å². The van der Waals surface area contributed by atoms with E-state index < -0.39 is 0 Å².